The van der Waals surface area contributed by atoms with Gasteiger partial charge in [0.1, 0.15) is 11.5 Å². The van der Waals surface area contributed by atoms with E-state index in [1.165, 1.54) is 21.3 Å². The van der Waals surface area contributed by atoms with E-state index in [4.69, 9.17) is 20.3 Å². The highest BCUT2D eigenvalue weighted by atomic mass is 16.5. The molecule has 1 atom stereocenters. The maximum Gasteiger partial charge on any atom is 0.330 e. The molecule has 0 heterocycles. The van der Waals surface area contributed by atoms with E-state index in [1.807, 2.05) is 0 Å². The minimum atomic E-state index is -1.61. The number of nitrogens with two attached hydrogens (primary N) is 1. The van der Waals surface area contributed by atoms with Gasteiger partial charge in [0.2, 0.25) is 0 Å². The molecule has 0 saturated heterocycles. The molecule has 0 spiro atoms. The Morgan fingerprint density at radius 1 is 1.32 bits per heavy atom. The van der Waals surface area contributed by atoms with Gasteiger partial charge in [-0.25, -0.2) is 4.79 Å². The largest absolute Gasteiger partial charge is 0.497 e. The minimum Gasteiger partial charge on any atom is -0.497 e. The van der Waals surface area contributed by atoms with Crippen LogP contribution in [0.4, 0.5) is 5.69 Å². The Labute approximate surface area is 110 Å². The van der Waals surface area contributed by atoms with Crippen LogP contribution in [-0.2, 0) is 9.59 Å². The zero-order valence-corrected chi connectivity index (χ0v) is 10.9. The first kappa shape index (κ1) is 14.8. The summed E-state index contributed by atoms with van der Waals surface area (Å²) in [5.74, 6) is -1.18. The summed E-state index contributed by atoms with van der Waals surface area (Å²) in [4.78, 5) is 23.7. The minimum absolute atomic E-state index is 0.382. The average Bonchev–Trinajstić information content (AvgIpc) is 2.43. The predicted molar refractivity (Wildman–Crippen MR) is 68.6 cm³/mol. The number of carboxylic acid groups (broad SMARTS) is 1. The summed E-state index contributed by atoms with van der Waals surface area (Å²) in [5.41, 5.74) is 5.70. The maximum atomic E-state index is 11.8. The number of carbonyl (C=O) groups excluding carboxylic acids is 1. The highest BCUT2D eigenvalue weighted by molar-refractivity contribution is 6.09. The quantitative estimate of drug-likeness (QED) is 0.733. The van der Waals surface area contributed by atoms with Crippen molar-refractivity contribution in [3.63, 3.8) is 0 Å². The van der Waals surface area contributed by atoms with E-state index in [9.17, 15) is 9.59 Å². The molecule has 3 N–H and O–H groups in total. The van der Waals surface area contributed by atoms with Crippen LogP contribution >= 0.6 is 0 Å². The summed E-state index contributed by atoms with van der Waals surface area (Å²) in [7, 11) is 4.37. The van der Waals surface area contributed by atoms with E-state index < -0.39 is 17.9 Å². The molecular formula is C12H16N2O5. The van der Waals surface area contributed by atoms with Crippen molar-refractivity contribution >= 4 is 17.6 Å². The van der Waals surface area contributed by atoms with E-state index >= 15 is 0 Å². The van der Waals surface area contributed by atoms with Crippen LogP contribution in [0.2, 0.25) is 0 Å². The lowest BCUT2D eigenvalue weighted by molar-refractivity contribution is -0.142. The molecule has 1 aromatic carbocycles. The molecule has 7 heteroatoms. The number of anilines is 1. The van der Waals surface area contributed by atoms with Gasteiger partial charge in [-0.15, -0.1) is 0 Å². The Kier molecular flexibility index (Phi) is 4.71. The molecule has 104 valence electrons. The Morgan fingerprint density at radius 2 is 1.95 bits per heavy atom. The lowest BCUT2D eigenvalue weighted by Gasteiger charge is -2.22. The van der Waals surface area contributed by atoms with Crippen LogP contribution in [0.3, 0.4) is 0 Å². The average molecular weight is 268 g/mol. The summed E-state index contributed by atoms with van der Waals surface area (Å²) < 4.78 is 10.2. The molecule has 1 amide bonds. The second-order valence-electron chi connectivity index (χ2n) is 3.75. The Hall–Kier alpha value is -2.28. The van der Waals surface area contributed by atoms with Crippen molar-refractivity contribution in [2.24, 2.45) is 5.73 Å². The van der Waals surface area contributed by atoms with E-state index in [0.717, 1.165) is 4.90 Å². The van der Waals surface area contributed by atoms with Crippen LogP contribution in [0.1, 0.15) is 0 Å². The molecule has 0 fully saturated rings. The van der Waals surface area contributed by atoms with Crippen molar-refractivity contribution in [3.8, 4) is 11.5 Å². The number of aliphatic carboxylic acids is 1. The third-order valence-electron chi connectivity index (χ3n) is 2.61. The van der Waals surface area contributed by atoms with E-state index in [2.05, 4.69) is 0 Å². The molecule has 0 aliphatic heterocycles. The topological polar surface area (TPSA) is 102 Å². The molecule has 0 aliphatic carbocycles. The van der Waals surface area contributed by atoms with Crippen molar-refractivity contribution in [3.05, 3.63) is 18.2 Å². The molecule has 0 saturated carbocycles. The van der Waals surface area contributed by atoms with Crippen LogP contribution in [0.25, 0.3) is 0 Å². The van der Waals surface area contributed by atoms with Gasteiger partial charge in [0.15, 0.2) is 6.04 Å². The lowest BCUT2D eigenvalue weighted by Crippen LogP contribution is -2.47. The number of carboxylic acids is 1. The van der Waals surface area contributed by atoms with Crippen molar-refractivity contribution in [2.45, 2.75) is 6.04 Å². The van der Waals surface area contributed by atoms with Crippen molar-refractivity contribution in [1.29, 1.82) is 0 Å². The number of hydrogen-bond acceptors (Lipinski definition) is 5. The number of carbonyl (C=O) groups is 2. The van der Waals surface area contributed by atoms with Gasteiger partial charge in [0.05, 0.1) is 19.9 Å². The Balaban J connectivity index is 3.08. The molecule has 7 nitrogen and oxygen atoms in total. The molecular weight excluding hydrogens is 252 g/mol. The number of rotatable bonds is 5. The number of ether oxygens (including phenoxy) is 2. The number of nitrogens with zero attached hydrogens (tertiary/aromatic N) is 1. The highest BCUT2D eigenvalue weighted by Gasteiger charge is 2.27. The summed E-state index contributed by atoms with van der Waals surface area (Å²) >= 11 is 0. The Morgan fingerprint density at radius 3 is 2.42 bits per heavy atom. The summed E-state index contributed by atoms with van der Waals surface area (Å²) in [5, 5.41) is 8.73. The van der Waals surface area contributed by atoms with Crippen LogP contribution in [0, 0.1) is 0 Å². The number of likely N-dealkylation sites (N-methyl/N-ethyl adjacent to an activating group) is 1. The molecule has 0 aromatic heterocycles. The molecule has 1 rings (SSSR count). The maximum absolute atomic E-state index is 11.8. The standard InChI is InChI=1S/C12H16N2O5/c1-14(11(15)10(13)12(16)17)8-5-4-7(18-2)6-9(8)19-3/h4-6,10H,13H2,1-3H3,(H,16,17). The zero-order chi connectivity index (χ0) is 14.6. The molecule has 0 bridgehead atoms. The first-order valence-electron chi connectivity index (χ1n) is 5.40. The zero-order valence-electron chi connectivity index (χ0n) is 10.9. The summed E-state index contributed by atoms with van der Waals surface area (Å²) in [6.45, 7) is 0. The fourth-order valence-electron chi connectivity index (χ4n) is 1.49. The van der Waals surface area contributed by atoms with E-state index in [0.29, 0.717) is 17.2 Å². The Bertz CT molecular complexity index is 489. The van der Waals surface area contributed by atoms with Crippen molar-refractivity contribution in [1.82, 2.24) is 0 Å². The molecule has 19 heavy (non-hydrogen) atoms. The summed E-state index contributed by atoms with van der Waals surface area (Å²) in [6.07, 6.45) is 0. The molecule has 1 unspecified atom stereocenters. The summed E-state index contributed by atoms with van der Waals surface area (Å²) in [6, 6.07) is 3.19. The first-order chi connectivity index (χ1) is 8.92. The van der Waals surface area contributed by atoms with Crippen molar-refractivity contribution in [2.75, 3.05) is 26.2 Å². The number of hydrogen-bond donors (Lipinski definition) is 2. The first-order valence-corrected chi connectivity index (χ1v) is 5.40. The highest BCUT2D eigenvalue weighted by Crippen LogP contribution is 2.31. The van der Waals surface area contributed by atoms with Crippen LogP contribution in [-0.4, -0.2) is 44.3 Å². The van der Waals surface area contributed by atoms with Crippen LogP contribution in [0.15, 0.2) is 18.2 Å². The van der Waals surface area contributed by atoms with Crippen molar-refractivity contribution < 1.29 is 24.2 Å². The molecule has 0 aliphatic rings. The third-order valence-corrected chi connectivity index (χ3v) is 2.61. The molecule has 0 radical (unpaired) electrons. The van der Waals surface area contributed by atoms with Gasteiger partial charge in [0, 0.05) is 13.1 Å². The van der Waals surface area contributed by atoms with Gasteiger partial charge in [-0.05, 0) is 12.1 Å². The normalized spacial score (nSPS) is 11.6. The monoisotopic (exact) mass is 268 g/mol. The fraction of sp³-hybridized carbons (Fsp3) is 0.333. The smallest absolute Gasteiger partial charge is 0.330 e. The second-order valence-corrected chi connectivity index (χ2v) is 3.75. The van der Waals surface area contributed by atoms with Gasteiger partial charge in [-0.1, -0.05) is 0 Å². The SMILES string of the molecule is COc1ccc(N(C)C(=O)C(N)C(=O)O)c(OC)c1. The number of methoxy groups -OCH3 is 2. The molecule has 1 aromatic rings. The predicted octanol–water partition coefficient (Wildman–Crippen LogP) is 0.0785. The number of benzene rings is 1. The van der Waals surface area contributed by atoms with Gasteiger partial charge in [-0.3, -0.25) is 4.79 Å². The van der Waals surface area contributed by atoms with E-state index in [-0.39, 0.29) is 0 Å². The van der Waals surface area contributed by atoms with Crippen LogP contribution in [0.5, 0.6) is 11.5 Å². The fourth-order valence-corrected chi connectivity index (χ4v) is 1.49. The van der Waals surface area contributed by atoms with Gasteiger partial charge in [0.25, 0.3) is 5.91 Å². The second kappa shape index (κ2) is 6.05. The van der Waals surface area contributed by atoms with Gasteiger partial charge in [-0.2, -0.15) is 0 Å². The van der Waals surface area contributed by atoms with Gasteiger partial charge >= 0.3 is 5.97 Å². The van der Waals surface area contributed by atoms with Crippen LogP contribution < -0.4 is 20.1 Å². The van der Waals surface area contributed by atoms with E-state index in [1.54, 1.807) is 18.2 Å². The third kappa shape index (κ3) is 3.14. The number of amides is 1. The lowest BCUT2D eigenvalue weighted by atomic mass is 10.2. The van der Waals surface area contributed by atoms with Gasteiger partial charge < -0.3 is 25.2 Å².